The quantitative estimate of drug-likeness (QED) is 0.106. The molecule has 0 N–H and O–H groups in total. The number of hydrogen-bond acceptors (Lipinski definition) is 0. The molecule has 8 aromatic carbocycles. The van der Waals surface area contributed by atoms with Crippen LogP contribution in [-0.4, -0.2) is 5.43 Å². The van der Waals surface area contributed by atoms with E-state index in [1.165, 1.54) is 163 Å². The summed E-state index contributed by atoms with van der Waals surface area (Å²) in [4.78, 5) is 0. The van der Waals surface area contributed by atoms with E-state index in [-0.39, 0.29) is 30.2 Å². The van der Waals surface area contributed by atoms with E-state index < -0.39 is 0 Å². The van der Waals surface area contributed by atoms with Gasteiger partial charge in [-0.1, -0.05) is 123 Å². The summed E-state index contributed by atoms with van der Waals surface area (Å²) in [6.45, 7) is 9.15. The summed E-state index contributed by atoms with van der Waals surface area (Å²) in [5.41, 5.74) is 14.8. The van der Waals surface area contributed by atoms with Gasteiger partial charge in [-0.15, -0.1) is 69.1 Å². The fraction of sp³-hybridized carbons (Fsp3) is 0.269. The summed E-state index contributed by atoms with van der Waals surface area (Å²) in [5, 5.41) is 11.5. The van der Waals surface area contributed by atoms with Crippen LogP contribution in [0.15, 0.2) is 121 Å². The van der Waals surface area contributed by atoms with Crippen molar-refractivity contribution < 1.29 is 48.1 Å². The Hall–Kier alpha value is -3.26. The molecule has 8 aromatic rings. The molecule has 4 heteroatoms. The predicted octanol–water partition coefficient (Wildman–Crippen LogP) is 8.43. The van der Waals surface area contributed by atoms with Gasteiger partial charge < -0.3 is 24.8 Å². The fourth-order valence-electron chi connectivity index (χ4n) is 9.08. The minimum Gasteiger partial charge on any atom is -1.00 e. The predicted molar refractivity (Wildman–Crippen MR) is 234 cm³/mol. The first kappa shape index (κ1) is 42.3. The normalized spacial score (nSPS) is 12.2. The maximum absolute atomic E-state index is 2.42. The first-order chi connectivity index (χ1) is 26.4. The Morgan fingerprint density at radius 2 is 0.839 bits per heavy atom. The van der Waals surface area contributed by atoms with Crippen LogP contribution in [0.25, 0.3) is 65.3 Å². The average molecular weight is 867 g/mol. The van der Waals surface area contributed by atoms with Gasteiger partial charge in [0.2, 0.25) is 0 Å². The first-order valence-corrected chi connectivity index (χ1v) is 26.6. The summed E-state index contributed by atoms with van der Waals surface area (Å²) in [6, 6.07) is 46.2. The van der Waals surface area contributed by atoms with Crippen LogP contribution < -0.4 is 24.8 Å². The van der Waals surface area contributed by atoms with Crippen molar-refractivity contribution in [2.45, 2.75) is 91.1 Å². The van der Waals surface area contributed by atoms with Crippen molar-refractivity contribution in [1.82, 2.24) is 0 Å². The van der Waals surface area contributed by atoms with Gasteiger partial charge in [-0.05, 0) is 93.5 Å². The zero-order chi connectivity index (χ0) is 37.2. The van der Waals surface area contributed by atoms with Crippen LogP contribution in [0.3, 0.4) is 0 Å². The van der Waals surface area contributed by atoms with Crippen LogP contribution in [0.4, 0.5) is 0 Å². The molecule has 0 bridgehead atoms. The summed E-state index contributed by atoms with van der Waals surface area (Å²) in [5.74, 6) is 0. The number of hydrogen-bond donors (Lipinski definition) is 0. The molecule has 56 heavy (non-hydrogen) atoms. The molecule has 2 aliphatic rings. The molecule has 0 saturated heterocycles. The Balaban J connectivity index is 0.000000168. The van der Waals surface area contributed by atoms with Crippen LogP contribution in [0.1, 0.15) is 72.9 Å². The Kier molecular flexibility index (Phi) is 14.4. The van der Waals surface area contributed by atoms with E-state index >= 15 is 0 Å². The molecule has 0 unspecified atom stereocenters. The molecule has 10 rings (SSSR count). The summed E-state index contributed by atoms with van der Waals surface area (Å²) in [6.07, 6.45) is 12.2. The van der Waals surface area contributed by atoms with Crippen molar-refractivity contribution >= 4 is 48.5 Å². The average Bonchev–Trinajstić information content (AvgIpc) is 3.99. The van der Waals surface area contributed by atoms with Crippen molar-refractivity contribution in [3.8, 4) is 22.3 Å². The van der Waals surface area contributed by atoms with Gasteiger partial charge in [-0.2, -0.15) is 12.1 Å². The topological polar surface area (TPSA) is 0 Å². The van der Waals surface area contributed by atoms with E-state index in [1.807, 2.05) is 0 Å². The van der Waals surface area contributed by atoms with E-state index in [4.69, 9.17) is 0 Å². The molecule has 0 nitrogen and oxygen atoms in total. The number of halogens is 2. The third-order valence-electron chi connectivity index (χ3n) is 11.6. The molecule has 0 fully saturated rings. The number of rotatable bonds is 8. The van der Waals surface area contributed by atoms with Gasteiger partial charge in [0.1, 0.15) is 0 Å². The molecule has 284 valence electrons. The second-order valence-electron chi connectivity index (χ2n) is 15.8. The van der Waals surface area contributed by atoms with Gasteiger partial charge in [-0.25, -0.2) is 0 Å². The van der Waals surface area contributed by atoms with Crippen LogP contribution in [0.5, 0.6) is 0 Å². The van der Waals surface area contributed by atoms with E-state index in [9.17, 15) is 0 Å². The smallest absolute Gasteiger partial charge is 1.00 e. The van der Waals surface area contributed by atoms with Crippen molar-refractivity contribution in [1.29, 1.82) is 0 Å². The van der Waals surface area contributed by atoms with Gasteiger partial charge in [0, 0.05) is 0 Å². The van der Waals surface area contributed by atoms with Gasteiger partial charge in [0.05, 0.1) is 0 Å². The van der Waals surface area contributed by atoms with Gasteiger partial charge in [-0.3, -0.25) is 0 Å². The van der Waals surface area contributed by atoms with Gasteiger partial charge in [0.25, 0.3) is 0 Å². The molecular weight excluding hydrogens is 815 g/mol. The first-order valence-electron chi connectivity index (χ1n) is 20.4. The van der Waals surface area contributed by atoms with E-state index in [1.54, 1.807) is 23.3 Å². The minimum absolute atomic E-state index is 0. The summed E-state index contributed by atoms with van der Waals surface area (Å²) < 4.78 is 0. The van der Waals surface area contributed by atoms with Crippen LogP contribution >= 0.6 is 0 Å². The summed E-state index contributed by atoms with van der Waals surface area (Å²) in [7, 11) is 0. The molecule has 2 aliphatic carbocycles. The van der Waals surface area contributed by atoms with Crippen molar-refractivity contribution in [2.75, 3.05) is 0 Å². The molecule has 0 aromatic heterocycles. The maximum atomic E-state index is 2.42. The second kappa shape index (κ2) is 19.0. The zero-order valence-electron chi connectivity index (χ0n) is 33.4. The molecule has 0 atom stereocenters. The molecule has 0 amide bonds. The monoisotopic (exact) mass is 864 g/mol. The number of aryl methyl sites for hydroxylation is 6. The Morgan fingerprint density at radius 1 is 0.482 bits per heavy atom. The Bertz CT molecular complexity index is 2440. The SMILES string of the molecule is CCCCc1cc2c(-c3ccc4c5c(cccc35)CC4)cccc2[cH-]1.CCCCc1cc2c(-c3ccc4c5c(cccc35)CC4)cccc2[cH-]1.C[Si](C)=[Zr+2].[Cl-].[Cl-]. The van der Waals surface area contributed by atoms with Gasteiger partial charge >= 0.3 is 41.9 Å². The second-order valence-corrected chi connectivity index (χ2v) is 25.1. The molecule has 0 saturated carbocycles. The Labute approximate surface area is 362 Å². The third-order valence-corrected chi connectivity index (χ3v) is 11.6. The number of unbranched alkanes of at least 4 members (excludes halogenated alkanes) is 2. The maximum Gasteiger partial charge on any atom is -1.00 e. The zero-order valence-corrected chi connectivity index (χ0v) is 38.3. The van der Waals surface area contributed by atoms with Crippen molar-refractivity contribution in [3.63, 3.8) is 0 Å². The minimum atomic E-state index is 0. The summed E-state index contributed by atoms with van der Waals surface area (Å²) >= 11 is 1.74. The van der Waals surface area contributed by atoms with Crippen LogP contribution in [0, 0.1) is 0 Å². The van der Waals surface area contributed by atoms with Crippen LogP contribution in [0.2, 0.25) is 13.1 Å². The fourth-order valence-corrected chi connectivity index (χ4v) is 9.08. The van der Waals surface area contributed by atoms with E-state index in [0.717, 1.165) is 0 Å². The number of benzene rings is 6. The molecule has 0 aliphatic heterocycles. The molecule has 0 spiro atoms. The molecule has 0 heterocycles. The Morgan fingerprint density at radius 3 is 1.23 bits per heavy atom. The largest absolute Gasteiger partial charge is 1.00 e. The van der Waals surface area contributed by atoms with E-state index in [0.29, 0.717) is 0 Å². The molecular formula is C52H52Cl2SiZr-2. The standard InChI is InChI=1S/2C25H23.C2H6Si.2ClH.Zr/c2*1-2-3-6-17-15-20-8-5-9-21(24(20)16-17)22-14-13-19-12-11-18-7-4-10-23(22)25(18)19;1-3-2;;;/h2*4-5,7-10,13-16H,2-3,6,11-12H2,1H3;1-2H3;2*1H;/q2*-1;;;;+2/p-2. The van der Waals surface area contributed by atoms with Crippen molar-refractivity contribution in [3.05, 3.63) is 155 Å². The van der Waals surface area contributed by atoms with Gasteiger partial charge in [0.15, 0.2) is 0 Å². The van der Waals surface area contributed by atoms with Crippen molar-refractivity contribution in [2.24, 2.45) is 0 Å². The third kappa shape index (κ3) is 8.61. The van der Waals surface area contributed by atoms with Crippen LogP contribution in [-0.2, 0) is 61.9 Å². The van der Waals surface area contributed by atoms with E-state index in [2.05, 4.69) is 148 Å². The molecule has 0 radical (unpaired) electrons. The number of fused-ring (bicyclic) bond motifs is 2.